The number of aromatic nitrogens is 3. The van der Waals surface area contributed by atoms with Gasteiger partial charge < -0.3 is 5.32 Å². The van der Waals surface area contributed by atoms with Gasteiger partial charge in [0, 0.05) is 26.3 Å². The molecule has 4 heteroatoms. The Bertz CT molecular complexity index is 516. The second-order valence-corrected chi connectivity index (χ2v) is 4.47. The number of aryl methyl sites for hydroxylation is 3. The lowest BCUT2D eigenvalue weighted by Gasteiger charge is -2.08. The minimum Gasteiger partial charge on any atom is -0.306 e. The van der Waals surface area contributed by atoms with Crippen LogP contribution in [0.1, 0.15) is 29.6 Å². The lowest BCUT2D eigenvalue weighted by molar-refractivity contribution is 0.616. The van der Waals surface area contributed by atoms with Crippen LogP contribution in [0.15, 0.2) is 24.4 Å². The minimum atomic E-state index is 0.800. The predicted molar refractivity (Wildman–Crippen MR) is 72.1 cm³/mol. The summed E-state index contributed by atoms with van der Waals surface area (Å²) in [4.78, 5) is 4.42. The van der Waals surface area contributed by atoms with Crippen LogP contribution >= 0.6 is 0 Å². The largest absolute Gasteiger partial charge is 0.306 e. The van der Waals surface area contributed by atoms with Gasteiger partial charge in [-0.1, -0.05) is 13.0 Å². The maximum absolute atomic E-state index is 4.42. The molecule has 0 fully saturated rings. The van der Waals surface area contributed by atoms with Crippen LogP contribution in [0.2, 0.25) is 0 Å². The van der Waals surface area contributed by atoms with E-state index in [2.05, 4.69) is 34.5 Å². The fourth-order valence-corrected chi connectivity index (χ4v) is 2.09. The van der Waals surface area contributed by atoms with Gasteiger partial charge in [-0.15, -0.1) is 0 Å². The third-order valence-electron chi connectivity index (χ3n) is 3.06. The van der Waals surface area contributed by atoms with Crippen molar-refractivity contribution in [3.8, 4) is 0 Å². The van der Waals surface area contributed by atoms with Crippen LogP contribution in [0.5, 0.6) is 0 Å². The number of nitrogens with one attached hydrogen (secondary N) is 1. The van der Waals surface area contributed by atoms with Crippen molar-refractivity contribution in [3.05, 3.63) is 47.0 Å². The fourth-order valence-electron chi connectivity index (χ4n) is 2.09. The molecule has 0 aliphatic heterocycles. The molecule has 18 heavy (non-hydrogen) atoms. The number of hydrogen-bond donors (Lipinski definition) is 1. The quantitative estimate of drug-likeness (QED) is 0.874. The summed E-state index contributed by atoms with van der Waals surface area (Å²) in [7, 11) is 1.97. The molecule has 2 aromatic rings. The van der Waals surface area contributed by atoms with Gasteiger partial charge in [0.25, 0.3) is 0 Å². The van der Waals surface area contributed by atoms with Gasteiger partial charge >= 0.3 is 0 Å². The Kier molecular flexibility index (Phi) is 4.10. The molecule has 0 saturated carbocycles. The molecule has 4 nitrogen and oxygen atoms in total. The highest BCUT2D eigenvalue weighted by Crippen LogP contribution is 2.06. The molecule has 0 radical (unpaired) electrons. The molecule has 2 aromatic heterocycles. The number of rotatable bonds is 5. The summed E-state index contributed by atoms with van der Waals surface area (Å²) in [6, 6.07) is 6.23. The molecule has 0 aliphatic rings. The monoisotopic (exact) mass is 244 g/mol. The van der Waals surface area contributed by atoms with E-state index in [4.69, 9.17) is 0 Å². The van der Waals surface area contributed by atoms with Crippen molar-refractivity contribution in [1.29, 1.82) is 0 Å². The van der Waals surface area contributed by atoms with Crippen molar-refractivity contribution in [1.82, 2.24) is 20.1 Å². The molecule has 0 spiro atoms. The average molecular weight is 244 g/mol. The second kappa shape index (κ2) is 5.78. The molecular formula is C14H20N4. The molecule has 0 atom stereocenters. The maximum atomic E-state index is 4.42. The minimum absolute atomic E-state index is 0.800. The molecule has 0 aromatic carbocycles. The Labute approximate surface area is 108 Å². The van der Waals surface area contributed by atoms with Crippen molar-refractivity contribution in [3.63, 3.8) is 0 Å². The van der Waals surface area contributed by atoms with Crippen LogP contribution in [0, 0.1) is 6.92 Å². The Balaban J connectivity index is 1.94. The van der Waals surface area contributed by atoms with Crippen molar-refractivity contribution in [2.24, 2.45) is 7.05 Å². The van der Waals surface area contributed by atoms with Crippen LogP contribution in [0.25, 0.3) is 0 Å². The molecular weight excluding hydrogens is 224 g/mol. The Hall–Kier alpha value is -1.68. The van der Waals surface area contributed by atoms with Crippen molar-refractivity contribution < 1.29 is 0 Å². The van der Waals surface area contributed by atoms with Crippen LogP contribution in [-0.2, 0) is 26.6 Å². The van der Waals surface area contributed by atoms with E-state index in [1.54, 1.807) is 0 Å². The molecule has 0 saturated heterocycles. The first-order valence-electron chi connectivity index (χ1n) is 6.33. The van der Waals surface area contributed by atoms with Gasteiger partial charge in [-0.25, -0.2) is 0 Å². The molecule has 1 N–H and O–H groups in total. The predicted octanol–water partition coefficient (Wildman–Crippen LogP) is 1.98. The van der Waals surface area contributed by atoms with Crippen LogP contribution in [-0.4, -0.2) is 14.8 Å². The van der Waals surface area contributed by atoms with E-state index in [0.29, 0.717) is 0 Å². The maximum Gasteiger partial charge on any atom is 0.0597 e. The van der Waals surface area contributed by atoms with Crippen LogP contribution in [0.3, 0.4) is 0 Å². The van der Waals surface area contributed by atoms with E-state index in [-0.39, 0.29) is 0 Å². The van der Waals surface area contributed by atoms with Crippen LogP contribution in [0.4, 0.5) is 0 Å². The second-order valence-electron chi connectivity index (χ2n) is 4.47. The summed E-state index contributed by atoms with van der Waals surface area (Å²) in [5, 5.41) is 7.76. The summed E-state index contributed by atoms with van der Waals surface area (Å²) in [6.07, 6.45) is 2.88. The van der Waals surface area contributed by atoms with Gasteiger partial charge in [0.15, 0.2) is 0 Å². The number of hydrogen-bond acceptors (Lipinski definition) is 3. The Morgan fingerprint density at radius 3 is 2.83 bits per heavy atom. The van der Waals surface area contributed by atoms with Gasteiger partial charge in [0.2, 0.25) is 0 Å². The van der Waals surface area contributed by atoms with Gasteiger partial charge in [0.1, 0.15) is 0 Å². The normalized spacial score (nSPS) is 10.8. The van der Waals surface area contributed by atoms with Crippen molar-refractivity contribution in [2.45, 2.75) is 33.4 Å². The topological polar surface area (TPSA) is 42.7 Å². The molecule has 96 valence electrons. The summed E-state index contributed by atoms with van der Waals surface area (Å²) in [5.41, 5.74) is 4.70. The lowest BCUT2D eigenvalue weighted by Crippen LogP contribution is -2.17. The Morgan fingerprint density at radius 2 is 2.17 bits per heavy atom. The zero-order valence-electron chi connectivity index (χ0n) is 11.3. The first kappa shape index (κ1) is 12.8. The van der Waals surface area contributed by atoms with Gasteiger partial charge in [-0.2, -0.15) is 5.10 Å². The van der Waals surface area contributed by atoms with Gasteiger partial charge in [0.05, 0.1) is 17.1 Å². The van der Waals surface area contributed by atoms with Gasteiger partial charge in [-0.3, -0.25) is 9.67 Å². The number of nitrogens with zero attached hydrogens (tertiary/aromatic N) is 3. The highest BCUT2D eigenvalue weighted by molar-refractivity contribution is 5.19. The van der Waals surface area contributed by atoms with E-state index >= 15 is 0 Å². The van der Waals surface area contributed by atoms with E-state index in [0.717, 1.165) is 30.9 Å². The zero-order chi connectivity index (χ0) is 13.0. The molecule has 0 bridgehead atoms. The van der Waals surface area contributed by atoms with E-state index < -0.39 is 0 Å². The highest BCUT2D eigenvalue weighted by atomic mass is 15.3. The third kappa shape index (κ3) is 2.96. The highest BCUT2D eigenvalue weighted by Gasteiger charge is 2.03. The Morgan fingerprint density at radius 1 is 1.33 bits per heavy atom. The first-order chi connectivity index (χ1) is 8.70. The lowest BCUT2D eigenvalue weighted by atomic mass is 10.1. The molecule has 2 heterocycles. The average Bonchev–Trinajstić information content (AvgIpc) is 2.68. The molecule has 0 amide bonds. The van der Waals surface area contributed by atoms with E-state index in [1.807, 2.05) is 30.9 Å². The molecule has 2 rings (SSSR count). The van der Waals surface area contributed by atoms with Gasteiger partial charge in [-0.05, 0) is 31.0 Å². The van der Waals surface area contributed by atoms with E-state index in [9.17, 15) is 0 Å². The molecule has 0 aliphatic carbocycles. The first-order valence-corrected chi connectivity index (χ1v) is 6.33. The summed E-state index contributed by atoms with van der Waals surface area (Å²) in [6.45, 7) is 5.79. The SMILES string of the molecule is CCc1cccnc1CNCc1cc(C)nn1C. The molecule has 0 unspecified atom stereocenters. The van der Waals surface area contributed by atoms with Crippen molar-refractivity contribution in [2.75, 3.05) is 0 Å². The standard InChI is InChI=1S/C14H20N4/c1-4-12-6-5-7-16-14(12)10-15-9-13-8-11(2)17-18(13)3/h5-8,15H,4,9-10H2,1-3H3. The summed E-state index contributed by atoms with van der Waals surface area (Å²) >= 11 is 0. The smallest absolute Gasteiger partial charge is 0.0597 e. The van der Waals surface area contributed by atoms with Crippen molar-refractivity contribution >= 4 is 0 Å². The van der Waals surface area contributed by atoms with Crippen LogP contribution < -0.4 is 5.32 Å². The fraction of sp³-hybridized carbons (Fsp3) is 0.429. The summed E-state index contributed by atoms with van der Waals surface area (Å²) < 4.78 is 1.92. The third-order valence-corrected chi connectivity index (χ3v) is 3.06. The zero-order valence-corrected chi connectivity index (χ0v) is 11.3. The number of pyridine rings is 1. The van der Waals surface area contributed by atoms with E-state index in [1.165, 1.54) is 11.3 Å². The summed E-state index contributed by atoms with van der Waals surface area (Å²) in [5.74, 6) is 0.